The molecule has 2 N–H and O–H groups in total. The highest BCUT2D eigenvalue weighted by molar-refractivity contribution is 7.91. The number of nitrogens with zero attached hydrogens (tertiary/aromatic N) is 1. The van der Waals surface area contributed by atoms with Crippen molar-refractivity contribution in [2.75, 3.05) is 44.9 Å². The highest BCUT2D eigenvalue weighted by Gasteiger charge is 2.48. The lowest BCUT2D eigenvalue weighted by atomic mass is 9.74. The Balaban J connectivity index is 0.00000342. The number of halogens is 2. The van der Waals surface area contributed by atoms with Crippen LogP contribution in [0.15, 0.2) is 72.5 Å². The quantitative estimate of drug-likeness (QED) is 0.541. The van der Waals surface area contributed by atoms with Crippen LogP contribution in [0.4, 0.5) is 5.69 Å². The zero-order chi connectivity index (χ0) is 24.3. The van der Waals surface area contributed by atoms with Gasteiger partial charge in [0.2, 0.25) is 0 Å². The van der Waals surface area contributed by atoms with Gasteiger partial charge in [-0.25, -0.2) is 8.42 Å². The molecule has 6 nitrogen and oxygen atoms in total. The number of ether oxygens (including phenoxy) is 1. The van der Waals surface area contributed by atoms with E-state index < -0.39 is 20.6 Å². The number of piperazine rings is 1. The van der Waals surface area contributed by atoms with E-state index >= 15 is 0 Å². The highest BCUT2D eigenvalue weighted by Crippen LogP contribution is 2.43. The second-order valence-electron chi connectivity index (χ2n) is 8.99. The van der Waals surface area contributed by atoms with Crippen LogP contribution in [0.2, 0.25) is 5.02 Å². The molecule has 1 fully saturated rings. The molecule has 0 bridgehead atoms. The van der Waals surface area contributed by atoms with Crippen molar-refractivity contribution in [2.45, 2.75) is 23.6 Å². The van der Waals surface area contributed by atoms with E-state index in [4.69, 9.17) is 16.3 Å². The number of methoxy groups -OCH3 is 1. The minimum atomic E-state index is -3.48. The molecule has 9 heteroatoms. The molecule has 2 aromatic carbocycles. The average molecular weight is 539 g/mol. The van der Waals surface area contributed by atoms with E-state index in [0.717, 1.165) is 43.1 Å². The summed E-state index contributed by atoms with van der Waals surface area (Å²) in [6.07, 6.45) is 7.20. The Kier molecular flexibility index (Phi) is 8.81. The van der Waals surface area contributed by atoms with Gasteiger partial charge in [-0.15, -0.1) is 12.4 Å². The highest BCUT2D eigenvalue weighted by atomic mass is 35.5. The molecule has 0 amide bonds. The summed E-state index contributed by atoms with van der Waals surface area (Å²) < 4.78 is 31.9. The van der Waals surface area contributed by atoms with Crippen LogP contribution in [0.1, 0.15) is 18.4 Å². The molecule has 3 atom stereocenters. The monoisotopic (exact) mass is 537 g/mol. The number of para-hydroxylation sites is 1. The zero-order valence-corrected chi connectivity index (χ0v) is 22.6. The van der Waals surface area contributed by atoms with Crippen LogP contribution in [-0.4, -0.2) is 63.7 Å². The fourth-order valence-electron chi connectivity index (χ4n) is 4.92. The normalized spacial score (nSPS) is 23.1. The van der Waals surface area contributed by atoms with Gasteiger partial charge in [0.25, 0.3) is 0 Å². The number of allylic oxidation sites excluding steroid dienone is 1. The topological polar surface area (TPSA) is 70.7 Å². The summed E-state index contributed by atoms with van der Waals surface area (Å²) in [5, 5.41) is 6.78. The third-order valence-corrected chi connectivity index (χ3v) is 8.41. The molecule has 1 aliphatic heterocycles. The second kappa shape index (κ2) is 11.2. The SMILES string of the molecule is COc1cc(Cl)cc(C(C)C2(Nc3ccccc3)C=C(N3CCNCC3)C=CC2S(C)(=O)=O)c1.Cl. The lowest BCUT2D eigenvalue weighted by molar-refractivity contribution is 0.300. The van der Waals surface area contributed by atoms with E-state index in [1.54, 1.807) is 13.2 Å². The minimum absolute atomic E-state index is 0. The van der Waals surface area contributed by atoms with Crippen LogP contribution in [0.3, 0.4) is 0 Å². The molecule has 1 saturated heterocycles. The van der Waals surface area contributed by atoms with Crippen LogP contribution in [0.5, 0.6) is 5.75 Å². The van der Waals surface area contributed by atoms with Crippen molar-refractivity contribution in [1.82, 2.24) is 10.2 Å². The maximum atomic E-state index is 13.2. The van der Waals surface area contributed by atoms with Crippen LogP contribution in [0, 0.1) is 0 Å². The van der Waals surface area contributed by atoms with Crippen LogP contribution < -0.4 is 15.4 Å². The molecular weight excluding hydrogens is 505 g/mol. The molecule has 0 radical (unpaired) electrons. The van der Waals surface area contributed by atoms with Crippen LogP contribution in [-0.2, 0) is 9.84 Å². The molecule has 2 aliphatic rings. The van der Waals surface area contributed by atoms with E-state index in [2.05, 4.69) is 21.6 Å². The lowest BCUT2D eigenvalue weighted by Gasteiger charge is -2.46. The van der Waals surface area contributed by atoms with E-state index in [-0.39, 0.29) is 18.3 Å². The number of anilines is 1. The van der Waals surface area contributed by atoms with Gasteiger partial charge < -0.3 is 20.3 Å². The number of sulfone groups is 1. The third-order valence-electron chi connectivity index (χ3n) is 6.72. The first-order valence-electron chi connectivity index (χ1n) is 11.5. The van der Waals surface area contributed by atoms with Crippen molar-refractivity contribution in [3.05, 3.63) is 83.0 Å². The van der Waals surface area contributed by atoms with Crippen molar-refractivity contribution in [3.8, 4) is 5.75 Å². The smallest absolute Gasteiger partial charge is 0.156 e. The summed E-state index contributed by atoms with van der Waals surface area (Å²) >= 11 is 6.43. The fourth-order valence-corrected chi connectivity index (χ4v) is 6.56. The first kappa shape index (κ1) is 27.4. The van der Waals surface area contributed by atoms with Gasteiger partial charge in [-0.1, -0.05) is 42.8 Å². The predicted octanol–water partition coefficient (Wildman–Crippen LogP) is 4.50. The largest absolute Gasteiger partial charge is 0.497 e. The summed E-state index contributed by atoms with van der Waals surface area (Å²) in [4.78, 5) is 2.30. The Hall–Kier alpha value is -2.19. The molecule has 35 heavy (non-hydrogen) atoms. The van der Waals surface area contributed by atoms with Crippen LogP contribution >= 0.6 is 24.0 Å². The number of benzene rings is 2. The van der Waals surface area contributed by atoms with Gasteiger partial charge in [-0.05, 0) is 48.0 Å². The van der Waals surface area contributed by atoms with E-state index in [1.165, 1.54) is 6.26 Å². The van der Waals surface area contributed by atoms with Crippen molar-refractivity contribution < 1.29 is 13.2 Å². The van der Waals surface area contributed by atoms with E-state index in [0.29, 0.717) is 10.8 Å². The minimum Gasteiger partial charge on any atom is -0.497 e. The van der Waals surface area contributed by atoms with Crippen molar-refractivity contribution in [1.29, 1.82) is 0 Å². The Bertz CT molecular complexity index is 1180. The van der Waals surface area contributed by atoms with Gasteiger partial charge in [0, 0.05) is 54.8 Å². The first-order valence-corrected chi connectivity index (χ1v) is 13.8. The van der Waals surface area contributed by atoms with Gasteiger partial charge in [0.05, 0.1) is 12.6 Å². The molecule has 4 rings (SSSR count). The second-order valence-corrected chi connectivity index (χ2v) is 11.6. The lowest BCUT2D eigenvalue weighted by Crippen LogP contribution is -2.56. The Morgan fingerprint density at radius 2 is 1.86 bits per heavy atom. The van der Waals surface area contributed by atoms with E-state index in [1.807, 2.05) is 61.5 Å². The zero-order valence-electron chi connectivity index (χ0n) is 20.2. The summed E-state index contributed by atoms with van der Waals surface area (Å²) in [6, 6.07) is 15.3. The standard InChI is InChI=1S/C26H32ClN3O3S.ClH/c1-19(20-15-21(27)17-24(16-20)33-2)26(29-22-7-5-4-6-8-22)18-23(30-13-11-28-12-14-30)9-10-25(26)34(3,31)32;/h4-10,15-19,25,28-29H,11-14H2,1-3H3;1H. The molecule has 190 valence electrons. The Morgan fingerprint density at radius 1 is 1.17 bits per heavy atom. The van der Waals surface area contributed by atoms with Gasteiger partial charge in [-0.3, -0.25) is 0 Å². The molecule has 2 aromatic rings. The molecule has 0 spiro atoms. The summed E-state index contributed by atoms with van der Waals surface area (Å²) in [7, 11) is -1.88. The van der Waals surface area contributed by atoms with Gasteiger partial charge in [-0.2, -0.15) is 0 Å². The van der Waals surface area contributed by atoms with Gasteiger partial charge in [0.15, 0.2) is 9.84 Å². The number of rotatable bonds is 7. The number of hydrogen-bond acceptors (Lipinski definition) is 6. The van der Waals surface area contributed by atoms with Gasteiger partial charge in [0.1, 0.15) is 11.0 Å². The number of nitrogens with one attached hydrogen (secondary N) is 2. The van der Waals surface area contributed by atoms with Gasteiger partial charge >= 0.3 is 0 Å². The number of hydrogen-bond donors (Lipinski definition) is 2. The van der Waals surface area contributed by atoms with Crippen molar-refractivity contribution >= 4 is 39.5 Å². The Morgan fingerprint density at radius 3 is 2.49 bits per heavy atom. The van der Waals surface area contributed by atoms with Crippen molar-refractivity contribution in [3.63, 3.8) is 0 Å². The summed E-state index contributed by atoms with van der Waals surface area (Å²) in [6.45, 7) is 5.55. The third kappa shape index (κ3) is 5.97. The van der Waals surface area contributed by atoms with E-state index in [9.17, 15) is 8.42 Å². The molecule has 0 aromatic heterocycles. The molecule has 3 unspecified atom stereocenters. The predicted molar refractivity (Wildman–Crippen MR) is 147 cm³/mol. The average Bonchev–Trinajstić information content (AvgIpc) is 2.83. The molecular formula is C26H33Cl2N3O3S. The first-order chi connectivity index (χ1) is 16.2. The van der Waals surface area contributed by atoms with Crippen LogP contribution in [0.25, 0.3) is 0 Å². The summed E-state index contributed by atoms with van der Waals surface area (Å²) in [5.74, 6) is 0.376. The maximum Gasteiger partial charge on any atom is 0.156 e. The fraction of sp³-hybridized carbons (Fsp3) is 0.385. The molecule has 1 aliphatic carbocycles. The molecule has 1 heterocycles. The summed E-state index contributed by atoms with van der Waals surface area (Å²) in [5.41, 5.74) is 1.81. The maximum absolute atomic E-state index is 13.2. The van der Waals surface area contributed by atoms with Crippen molar-refractivity contribution in [2.24, 2.45) is 0 Å². The molecule has 0 saturated carbocycles. The Labute approximate surface area is 219 Å².